The van der Waals surface area contributed by atoms with Gasteiger partial charge in [0.2, 0.25) is 108 Å². The molecule has 8 fully saturated rings. The fourth-order valence-corrected chi connectivity index (χ4v) is 10.5. The van der Waals surface area contributed by atoms with Gasteiger partial charge in [-0.1, -0.05) is 50.0 Å². The zero-order chi connectivity index (χ0) is 98.9. The van der Waals surface area contributed by atoms with E-state index in [9.17, 15) is 148 Å². The summed E-state index contributed by atoms with van der Waals surface area (Å²) in [6, 6.07) is -0.440. The van der Waals surface area contributed by atoms with Gasteiger partial charge in [-0.05, 0) is 79.1 Å². The van der Waals surface area contributed by atoms with Crippen LogP contribution in [0.1, 0.15) is 91.9 Å². The van der Waals surface area contributed by atoms with Crippen LogP contribution < -0.4 is 9.47 Å². The summed E-state index contributed by atoms with van der Waals surface area (Å²) in [4.78, 5) is 206. The summed E-state index contributed by atoms with van der Waals surface area (Å²) in [5.41, 5.74) is 0. The molecule has 2 aromatic rings. The number of carbonyl (C=O) groups is 18. The normalized spacial score (nSPS) is 22.0. The second-order valence-electron chi connectivity index (χ2n) is 26.7. The van der Waals surface area contributed by atoms with Crippen LogP contribution in [0.3, 0.4) is 0 Å². The Hall–Kier alpha value is -14.7. The maximum atomic E-state index is 13.6. The molecule has 12 atom stereocenters. The minimum Gasteiger partial charge on any atom is -0.460 e. The smallest absolute Gasteiger partial charge is 0.460 e. The minimum atomic E-state index is -4.90. The second-order valence-corrected chi connectivity index (χ2v) is 26.7. The molecule has 0 bridgehead atoms. The molecule has 6 heterocycles. The van der Waals surface area contributed by atoms with Crippen LogP contribution in [0.5, 0.6) is 11.5 Å². The van der Waals surface area contributed by atoms with Crippen LogP contribution >= 0.6 is 0 Å². The molecule has 2 aliphatic carbocycles. The standard InChI is InChI=1S/C17H4F8O7.C17H24O7.C11H16O7.C11H12O7.C11H8O7.C9H6F6O7/c18-3-1-4(19)8(23)11(7(3)22)29-15(26)13-14(32-17(28)31-13)16(27)30-12-9(24)5(20)2-6(21)10(12)25;18-15(21-11-7-3-1-4-8-11)13-14(24-17(20)23-13)16(19)22-12-9-5-2-6-10-12;1-5(2)15-9(12)7-8(18-11(14)17-7)10(13)16-6(3)4;2*1-3-5-15-9(12)7-8(18-11(14)17-7)10(13)16-6-4-2;10-8(11,12)1-19-5(16)3-4(22-7(18)21-3)6(17)20-2-9(13,14)15/h1-2,13-14H;11-14H,1-10H2;5-8H,1-4H3;3-4,7-8H,1-2,5-6H2;1-2,7-8H,5-6H2;3-4H,1-2H2. The summed E-state index contributed by atoms with van der Waals surface area (Å²) >= 11 is 0. The van der Waals surface area contributed by atoms with Gasteiger partial charge < -0.3 is 114 Å². The molecule has 0 amide bonds. The van der Waals surface area contributed by atoms with E-state index in [1.54, 1.807) is 27.7 Å². The van der Waals surface area contributed by atoms with Crippen molar-refractivity contribution in [3.8, 4) is 36.2 Å². The molecule has 0 spiro atoms. The highest BCUT2D eigenvalue weighted by atomic mass is 19.4. The average Bonchev–Trinajstić information content (AvgIpc) is 1.41. The fraction of sp³-hybridized carbons (Fsp3) is 0.500. The fourth-order valence-electron chi connectivity index (χ4n) is 10.5. The summed E-state index contributed by atoms with van der Waals surface area (Å²) in [5, 5.41) is 0. The lowest BCUT2D eigenvalue weighted by Gasteiger charge is -2.25. The molecular formula is C76H70F14O42. The van der Waals surface area contributed by atoms with E-state index in [1.165, 1.54) is 12.2 Å². The number of rotatable bonds is 26. The third-order valence-electron chi connectivity index (χ3n) is 16.1. The summed E-state index contributed by atoms with van der Waals surface area (Å²) in [7, 11) is 0. The summed E-state index contributed by atoms with van der Waals surface area (Å²) < 4.78 is 286. The number of cyclic esters (lactones) is 12. The highest BCUT2D eigenvalue weighted by molar-refractivity contribution is 5.95. The molecule has 724 valence electrons. The zero-order valence-electron chi connectivity index (χ0n) is 67.9. The Balaban J connectivity index is 0.000000284. The van der Waals surface area contributed by atoms with Crippen molar-refractivity contribution in [1.29, 1.82) is 0 Å². The van der Waals surface area contributed by atoms with Crippen molar-refractivity contribution in [1.82, 2.24) is 0 Å². The van der Waals surface area contributed by atoms with Crippen molar-refractivity contribution in [3.63, 3.8) is 0 Å². The third kappa shape index (κ3) is 33.1. The molecule has 56 heteroatoms. The molecule has 132 heavy (non-hydrogen) atoms. The van der Waals surface area contributed by atoms with E-state index in [0.29, 0.717) is 0 Å². The van der Waals surface area contributed by atoms with Crippen LogP contribution in [-0.2, 0) is 162 Å². The van der Waals surface area contributed by atoms with Crippen LogP contribution in [0.15, 0.2) is 37.4 Å². The lowest BCUT2D eigenvalue weighted by molar-refractivity contribution is -0.198. The first kappa shape index (κ1) is 108. The number of hydrogen-bond donors (Lipinski definition) is 0. The van der Waals surface area contributed by atoms with Gasteiger partial charge in [0.05, 0.1) is 12.2 Å². The Labute approximate surface area is 729 Å². The molecule has 0 N–H and O–H groups in total. The van der Waals surface area contributed by atoms with Gasteiger partial charge in [0, 0.05) is 12.1 Å². The van der Waals surface area contributed by atoms with Crippen LogP contribution in [0, 0.1) is 71.2 Å². The van der Waals surface area contributed by atoms with Crippen molar-refractivity contribution in [3.05, 3.63) is 84.0 Å². The Morgan fingerprint density at radius 2 is 0.561 bits per heavy atom. The van der Waals surface area contributed by atoms with E-state index < -0.39 is 278 Å². The van der Waals surface area contributed by atoms with Gasteiger partial charge in [-0.2, -0.15) is 43.9 Å². The molecule has 2 saturated carbocycles. The maximum absolute atomic E-state index is 13.6. The lowest BCUT2D eigenvalue weighted by Crippen LogP contribution is -2.42. The number of hydrogen-bond acceptors (Lipinski definition) is 42. The van der Waals surface area contributed by atoms with E-state index in [2.05, 4.69) is 98.4 Å². The van der Waals surface area contributed by atoms with Crippen molar-refractivity contribution in [2.45, 2.75) is 202 Å². The largest absolute Gasteiger partial charge is 0.510 e. The van der Waals surface area contributed by atoms with E-state index in [-0.39, 0.29) is 50.8 Å². The van der Waals surface area contributed by atoms with Gasteiger partial charge in [0.25, 0.3) is 0 Å². The van der Waals surface area contributed by atoms with Crippen LogP contribution in [0.25, 0.3) is 0 Å². The Kier molecular flexibility index (Phi) is 41.1. The second kappa shape index (κ2) is 50.3. The summed E-state index contributed by atoms with van der Waals surface area (Å²) in [6.07, 6.45) is -18.2. The SMILES string of the molecule is C#CCOC(=O)C1OC(=O)OC1C(=O)OCC#C.C=CCOC(=O)C1OC(=O)OC1C(=O)OCC=C.CC(C)OC(=O)C1OC(=O)OC1C(=O)OC(C)C.O=C1OC(C(=O)OC2CCCCC2)C(C(=O)OC2CCCCC2)O1.O=C1OC(C(=O)OCC(F)(F)F)C(C(=O)OCC(F)(F)F)O1.O=C1OC(C(=O)Oc2c(F)c(F)cc(F)c2F)C(C(=O)Oc2c(F)c(F)cc(F)c2F)O1. The Morgan fingerprint density at radius 1 is 0.348 bits per heavy atom. The molecule has 10 rings (SSSR count). The lowest BCUT2D eigenvalue weighted by atomic mass is 9.97. The van der Waals surface area contributed by atoms with Crippen LogP contribution in [0.2, 0.25) is 0 Å². The Morgan fingerprint density at radius 3 is 0.780 bits per heavy atom. The summed E-state index contributed by atoms with van der Waals surface area (Å²) in [5.74, 6) is -31.1. The van der Waals surface area contributed by atoms with E-state index in [1.807, 2.05) is 11.8 Å². The van der Waals surface area contributed by atoms with Crippen molar-refractivity contribution >= 4 is 109 Å². The topological polar surface area (TPSA) is 529 Å². The number of esters is 12. The van der Waals surface area contributed by atoms with E-state index in [4.69, 9.17) is 41.3 Å². The average molecular weight is 1920 g/mol. The van der Waals surface area contributed by atoms with Gasteiger partial charge in [-0.25, -0.2) is 104 Å². The van der Waals surface area contributed by atoms with Crippen LogP contribution in [-0.4, -0.2) is 258 Å². The first-order chi connectivity index (χ1) is 61.9. The molecule has 6 saturated heterocycles. The molecule has 42 nitrogen and oxygen atoms in total. The predicted octanol–water partition coefficient (Wildman–Crippen LogP) is 7.34. The monoisotopic (exact) mass is 1920 g/mol. The molecule has 2 aromatic carbocycles. The van der Waals surface area contributed by atoms with E-state index in [0.717, 1.165) is 64.2 Å². The van der Waals surface area contributed by atoms with Gasteiger partial charge in [-0.15, -0.1) is 12.8 Å². The summed E-state index contributed by atoms with van der Waals surface area (Å²) in [6.45, 7) is 8.36. The number of ether oxygens (including phenoxy) is 24. The number of carbonyl (C=O) groups excluding carboxylic acids is 18. The molecule has 12 unspecified atom stereocenters. The molecule has 8 aliphatic rings. The molecule has 0 radical (unpaired) electrons. The molecule has 6 aliphatic heterocycles. The predicted molar refractivity (Wildman–Crippen MR) is 379 cm³/mol. The van der Waals surface area contributed by atoms with Gasteiger partial charge in [0.15, 0.2) is 49.7 Å². The maximum Gasteiger partial charge on any atom is 0.510 e. The third-order valence-corrected chi connectivity index (χ3v) is 16.1. The van der Waals surface area contributed by atoms with Crippen molar-refractivity contribution in [2.75, 3.05) is 39.6 Å². The zero-order valence-corrected chi connectivity index (χ0v) is 67.9. The van der Waals surface area contributed by atoms with Gasteiger partial charge >= 0.3 is 121 Å². The van der Waals surface area contributed by atoms with Crippen LogP contribution in [0.4, 0.5) is 90.2 Å². The first-order valence-corrected chi connectivity index (χ1v) is 37.3. The number of alkyl halides is 6. The minimum absolute atomic E-state index is 0.0681. The molecule has 0 aromatic heterocycles. The van der Waals surface area contributed by atoms with Crippen molar-refractivity contribution < 1.29 is 261 Å². The number of benzene rings is 2. The Bertz CT molecular complexity index is 4370. The van der Waals surface area contributed by atoms with Gasteiger partial charge in [-0.3, -0.25) is 0 Å². The molecular weight excluding hydrogens is 1850 g/mol. The number of halogens is 14. The number of terminal acetylenes is 2. The first-order valence-electron chi connectivity index (χ1n) is 37.3. The van der Waals surface area contributed by atoms with Gasteiger partial charge in [0.1, 0.15) is 25.4 Å². The highest BCUT2D eigenvalue weighted by Gasteiger charge is 2.56. The van der Waals surface area contributed by atoms with E-state index >= 15 is 0 Å². The van der Waals surface area contributed by atoms with Crippen molar-refractivity contribution in [2.24, 2.45) is 0 Å². The quantitative estimate of drug-likeness (QED) is 0.0169. The highest BCUT2D eigenvalue weighted by Crippen LogP contribution is 2.34.